The van der Waals surface area contributed by atoms with Crippen molar-refractivity contribution in [2.45, 2.75) is 6.42 Å². The molecule has 0 bridgehead atoms. The van der Waals surface area contributed by atoms with Crippen LogP contribution in [0.15, 0.2) is 23.2 Å². The molecule has 0 amide bonds. The molecule has 0 aliphatic carbocycles. The highest BCUT2D eigenvalue weighted by Gasteiger charge is 2.10. The molecule has 92 valence electrons. The second kappa shape index (κ2) is 5.43. The lowest BCUT2D eigenvalue weighted by Gasteiger charge is -2.11. The van der Waals surface area contributed by atoms with E-state index in [1.54, 1.807) is 7.05 Å². The maximum Gasteiger partial charge on any atom is 0.195 e. The van der Waals surface area contributed by atoms with E-state index < -0.39 is 0 Å². The molecule has 2 rings (SSSR count). The summed E-state index contributed by atoms with van der Waals surface area (Å²) in [5.41, 5.74) is 0.921. The van der Waals surface area contributed by atoms with Gasteiger partial charge in [-0.2, -0.15) is 0 Å². The molecule has 1 aliphatic heterocycles. The molecule has 1 aliphatic rings. The Kier molecular flexibility index (Phi) is 3.69. The highest BCUT2D eigenvalue weighted by molar-refractivity contribution is 5.93. The minimum Gasteiger partial charge on any atom is -0.490 e. The predicted molar refractivity (Wildman–Crippen MR) is 68.1 cm³/mol. The van der Waals surface area contributed by atoms with Gasteiger partial charge in [0, 0.05) is 32.3 Å². The Hall–Kier alpha value is -1.91. The van der Waals surface area contributed by atoms with Gasteiger partial charge in [-0.05, 0) is 12.1 Å². The topological polar surface area (TPSA) is 54.9 Å². The van der Waals surface area contributed by atoms with Gasteiger partial charge in [-0.25, -0.2) is 0 Å². The summed E-state index contributed by atoms with van der Waals surface area (Å²) in [6.07, 6.45) is 0.912. The summed E-state index contributed by atoms with van der Waals surface area (Å²) in [6.45, 7) is 1.40. The van der Waals surface area contributed by atoms with Crippen LogP contribution in [0.5, 0.6) is 11.5 Å². The Morgan fingerprint density at radius 2 is 2.00 bits per heavy atom. The molecule has 5 heteroatoms. The number of hydrogen-bond donors (Lipinski definition) is 2. The lowest BCUT2D eigenvalue weighted by Crippen LogP contribution is -2.26. The molecule has 0 saturated carbocycles. The summed E-state index contributed by atoms with van der Waals surface area (Å²) in [6, 6.07) is 5.77. The van der Waals surface area contributed by atoms with E-state index in [9.17, 15) is 0 Å². The van der Waals surface area contributed by atoms with Gasteiger partial charge in [0.25, 0.3) is 0 Å². The second-order valence-corrected chi connectivity index (χ2v) is 3.66. The summed E-state index contributed by atoms with van der Waals surface area (Å²) in [5, 5.41) is 6.11. The molecule has 17 heavy (non-hydrogen) atoms. The molecule has 0 unspecified atom stereocenters. The quantitative estimate of drug-likeness (QED) is 0.571. The summed E-state index contributed by atoms with van der Waals surface area (Å²) in [7, 11) is 3.54. The Morgan fingerprint density at radius 1 is 1.24 bits per heavy atom. The molecular formula is C12H17N3O2. The Morgan fingerprint density at radius 3 is 2.71 bits per heavy atom. The molecule has 0 radical (unpaired) electrons. The van der Waals surface area contributed by atoms with Gasteiger partial charge in [0.15, 0.2) is 17.5 Å². The van der Waals surface area contributed by atoms with E-state index in [0.29, 0.717) is 19.2 Å². The van der Waals surface area contributed by atoms with Crippen molar-refractivity contribution >= 4 is 11.6 Å². The molecule has 0 saturated heterocycles. The first-order valence-electron chi connectivity index (χ1n) is 5.64. The maximum atomic E-state index is 5.61. The number of ether oxygens (including phenoxy) is 2. The third-order valence-corrected chi connectivity index (χ3v) is 2.47. The van der Waals surface area contributed by atoms with Gasteiger partial charge < -0.3 is 20.1 Å². The van der Waals surface area contributed by atoms with Gasteiger partial charge >= 0.3 is 0 Å². The molecule has 2 N–H and O–H groups in total. The molecule has 0 fully saturated rings. The number of anilines is 1. The highest BCUT2D eigenvalue weighted by Crippen LogP contribution is 2.32. The zero-order valence-corrected chi connectivity index (χ0v) is 10.1. The summed E-state index contributed by atoms with van der Waals surface area (Å²) >= 11 is 0. The van der Waals surface area contributed by atoms with Crippen molar-refractivity contribution in [1.82, 2.24) is 5.32 Å². The van der Waals surface area contributed by atoms with Crippen LogP contribution in [0.3, 0.4) is 0 Å². The van der Waals surface area contributed by atoms with Crippen molar-refractivity contribution in [1.29, 1.82) is 0 Å². The van der Waals surface area contributed by atoms with Crippen LogP contribution in [-0.2, 0) is 0 Å². The number of aliphatic imine (C=N–C) groups is 1. The van der Waals surface area contributed by atoms with Crippen molar-refractivity contribution in [3.05, 3.63) is 18.2 Å². The monoisotopic (exact) mass is 235 g/mol. The summed E-state index contributed by atoms with van der Waals surface area (Å²) in [4.78, 5) is 4.05. The van der Waals surface area contributed by atoms with E-state index in [0.717, 1.165) is 23.6 Å². The molecule has 5 nitrogen and oxygen atoms in total. The van der Waals surface area contributed by atoms with Crippen LogP contribution in [0.4, 0.5) is 5.69 Å². The number of guanidine groups is 1. The van der Waals surface area contributed by atoms with Crippen molar-refractivity contribution in [2.75, 3.05) is 32.6 Å². The van der Waals surface area contributed by atoms with Crippen molar-refractivity contribution in [3.8, 4) is 11.5 Å². The standard InChI is InChI=1S/C12H17N3O2/c1-13-12(14-2)15-9-4-5-10-11(8-9)17-7-3-6-16-10/h4-5,8H,3,6-7H2,1-2H3,(H2,13,14,15). The summed E-state index contributed by atoms with van der Waals surface area (Å²) in [5.74, 6) is 2.28. The van der Waals surface area contributed by atoms with Gasteiger partial charge in [0.1, 0.15) is 0 Å². The van der Waals surface area contributed by atoms with E-state index in [-0.39, 0.29) is 0 Å². The van der Waals surface area contributed by atoms with E-state index in [4.69, 9.17) is 9.47 Å². The van der Waals surface area contributed by atoms with Gasteiger partial charge in [0.05, 0.1) is 13.2 Å². The minimum absolute atomic E-state index is 0.692. The highest BCUT2D eigenvalue weighted by atomic mass is 16.5. The average molecular weight is 235 g/mol. The van der Waals surface area contributed by atoms with E-state index >= 15 is 0 Å². The molecule has 0 spiro atoms. The fourth-order valence-corrected chi connectivity index (χ4v) is 1.61. The first-order chi connectivity index (χ1) is 8.33. The smallest absolute Gasteiger partial charge is 0.195 e. The normalized spacial score (nSPS) is 15.1. The van der Waals surface area contributed by atoms with Crippen LogP contribution < -0.4 is 20.1 Å². The zero-order chi connectivity index (χ0) is 12.1. The van der Waals surface area contributed by atoms with Crippen LogP contribution >= 0.6 is 0 Å². The van der Waals surface area contributed by atoms with Gasteiger partial charge in [0.2, 0.25) is 0 Å². The molecular weight excluding hydrogens is 218 g/mol. The SMILES string of the molecule is CN=C(NC)Nc1ccc2c(c1)OCCCO2. The Labute approximate surface area is 101 Å². The fraction of sp³-hybridized carbons (Fsp3) is 0.417. The predicted octanol–water partition coefficient (Wildman–Crippen LogP) is 1.46. The fourth-order valence-electron chi connectivity index (χ4n) is 1.61. The Bertz CT molecular complexity index is 418. The molecule has 1 heterocycles. The van der Waals surface area contributed by atoms with Gasteiger partial charge in [-0.15, -0.1) is 0 Å². The third-order valence-electron chi connectivity index (χ3n) is 2.47. The van der Waals surface area contributed by atoms with Crippen molar-refractivity contribution in [2.24, 2.45) is 4.99 Å². The lowest BCUT2D eigenvalue weighted by atomic mass is 10.3. The minimum atomic E-state index is 0.692. The third kappa shape index (κ3) is 2.81. The average Bonchev–Trinajstić information content (AvgIpc) is 2.60. The van der Waals surface area contributed by atoms with E-state index in [2.05, 4.69) is 15.6 Å². The van der Waals surface area contributed by atoms with Crippen LogP contribution in [0, 0.1) is 0 Å². The Balaban J connectivity index is 2.17. The van der Waals surface area contributed by atoms with Gasteiger partial charge in [-0.1, -0.05) is 0 Å². The maximum absolute atomic E-state index is 5.61. The molecule has 0 aromatic heterocycles. The van der Waals surface area contributed by atoms with Crippen LogP contribution in [0.25, 0.3) is 0 Å². The number of benzene rings is 1. The first kappa shape index (κ1) is 11.6. The lowest BCUT2D eigenvalue weighted by molar-refractivity contribution is 0.297. The largest absolute Gasteiger partial charge is 0.490 e. The number of fused-ring (bicyclic) bond motifs is 1. The van der Waals surface area contributed by atoms with Crippen molar-refractivity contribution in [3.63, 3.8) is 0 Å². The first-order valence-corrected chi connectivity index (χ1v) is 5.64. The van der Waals surface area contributed by atoms with Crippen molar-refractivity contribution < 1.29 is 9.47 Å². The van der Waals surface area contributed by atoms with Gasteiger partial charge in [-0.3, -0.25) is 4.99 Å². The molecule has 1 aromatic rings. The van der Waals surface area contributed by atoms with Crippen LogP contribution in [-0.4, -0.2) is 33.3 Å². The molecule has 0 atom stereocenters. The number of hydrogen-bond acceptors (Lipinski definition) is 3. The van der Waals surface area contributed by atoms with E-state index in [1.165, 1.54) is 0 Å². The summed E-state index contributed by atoms with van der Waals surface area (Å²) < 4.78 is 11.2. The number of rotatable bonds is 1. The molecule has 1 aromatic carbocycles. The van der Waals surface area contributed by atoms with Crippen LogP contribution in [0.1, 0.15) is 6.42 Å². The van der Waals surface area contributed by atoms with E-state index in [1.807, 2.05) is 25.2 Å². The zero-order valence-electron chi connectivity index (χ0n) is 10.1. The second-order valence-electron chi connectivity index (χ2n) is 3.66. The van der Waals surface area contributed by atoms with Crippen LogP contribution in [0.2, 0.25) is 0 Å². The number of nitrogens with zero attached hydrogens (tertiary/aromatic N) is 1. The number of nitrogens with one attached hydrogen (secondary N) is 2.